The number of carboxylic acids is 1. The van der Waals surface area contributed by atoms with Gasteiger partial charge in [-0.3, -0.25) is 4.79 Å². The summed E-state index contributed by atoms with van der Waals surface area (Å²) in [5, 5.41) is 9.45. The lowest BCUT2D eigenvalue weighted by Crippen LogP contribution is -2.68. The number of rotatable bonds is 5. The van der Waals surface area contributed by atoms with E-state index in [1.54, 1.807) is 6.92 Å². The lowest BCUT2D eigenvalue weighted by Gasteiger charge is -2.60. The minimum Gasteiger partial charge on any atom is -0.480 e. The summed E-state index contributed by atoms with van der Waals surface area (Å²) >= 11 is 0. The molecular weight excluding hydrogens is 240 g/mol. The molecule has 0 aliphatic carbocycles. The number of carbonyl (C=O) groups is 1. The van der Waals surface area contributed by atoms with E-state index in [0.29, 0.717) is 0 Å². The van der Waals surface area contributed by atoms with Crippen molar-refractivity contribution in [1.82, 2.24) is 0 Å². The minimum absolute atomic E-state index is 0.306. The predicted molar refractivity (Wildman–Crippen MR) is 79.8 cm³/mol. The molecular formula is C15H32N2O2. The summed E-state index contributed by atoms with van der Waals surface area (Å²) in [6, 6.07) is 0. The summed E-state index contributed by atoms with van der Waals surface area (Å²) in [7, 11) is 0. The van der Waals surface area contributed by atoms with E-state index in [4.69, 9.17) is 11.5 Å². The van der Waals surface area contributed by atoms with E-state index >= 15 is 0 Å². The second kappa shape index (κ2) is 4.45. The van der Waals surface area contributed by atoms with Crippen LogP contribution in [0.25, 0.3) is 0 Å². The van der Waals surface area contributed by atoms with Crippen molar-refractivity contribution in [2.75, 3.05) is 0 Å². The Kier molecular flexibility index (Phi) is 4.31. The Morgan fingerprint density at radius 1 is 0.737 bits per heavy atom. The van der Waals surface area contributed by atoms with E-state index in [1.165, 1.54) is 0 Å². The quantitative estimate of drug-likeness (QED) is 0.717. The first-order chi connectivity index (χ1) is 7.94. The Balaban J connectivity index is 5.99. The molecule has 4 heteroatoms. The summed E-state index contributed by atoms with van der Waals surface area (Å²) in [5.41, 5.74) is 9.32. The van der Waals surface area contributed by atoms with Crippen LogP contribution in [0.3, 0.4) is 0 Å². The fourth-order valence-electron chi connectivity index (χ4n) is 2.50. The lowest BCUT2D eigenvalue weighted by molar-refractivity contribution is -0.159. The van der Waals surface area contributed by atoms with Gasteiger partial charge in [-0.25, -0.2) is 0 Å². The molecule has 0 unspecified atom stereocenters. The molecule has 1 atom stereocenters. The van der Waals surface area contributed by atoms with Gasteiger partial charge in [0, 0.05) is 5.54 Å². The summed E-state index contributed by atoms with van der Waals surface area (Å²) in [6.07, 6.45) is 0. The standard InChI is InChI=1S/C15H32N2O2/c1-11(2,12(3,4)14(7,8)16)13(5,6)15(9,17)10(18)19/h16-17H2,1-9H3,(H,18,19)/t15-/m1/s1. The molecule has 0 aliphatic rings. The van der Waals surface area contributed by atoms with Gasteiger partial charge in [0.15, 0.2) is 0 Å². The molecule has 0 saturated carbocycles. The maximum Gasteiger partial charge on any atom is 0.323 e. The van der Waals surface area contributed by atoms with E-state index in [0.717, 1.165) is 0 Å². The van der Waals surface area contributed by atoms with Crippen LogP contribution in [0.5, 0.6) is 0 Å². The third-order valence-electron chi connectivity index (χ3n) is 6.48. The predicted octanol–water partition coefficient (Wildman–Crippen LogP) is 2.60. The fourth-order valence-corrected chi connectivity index (χ4v) is 2.50. The molecule has 0 spiro atoms. The molecule has 0 bridgehead atoms. The Morgan fingerprint density at radius 3 is 1.26 bits per heavy atom. The fraction of sp³-hybridized carbons (Fsp3) is 0.933. The maximum atomic E-state index is 11.5. The van der Waals surface area contributed by atoms with Crippen molar-refractivity contribution in [2.24, 2.45) is 27.7 Å². The zero-order valence-electron chi connectivity index (χ0n) is 14.0. The second-order valence-electron chi connectivity index (χ2n) is 8.10. The number of carboxylic acid groups (broad SMARTS) is 1. The second-order valence-corrected chi connectivity index (χ2v) is 8.10. The van der Waals surface area contributed by atoms with Crippen molar-refractivity contribution in [1.29, 1.82) is 0 Å². The third kappa shape index (κ3) is 2.40. The lowest BCUT2D eigenvalue weighted by atomic mass is 9.45. The highest BCUT2D eigenvalue weighted by molar-refractivity contribution is 5.79. The first kappa shape index (κ1) is 18.4. The number of hydrogen-bond donors (Lipinski definition) is 3. The molecule has 0 aromatic rings. The van der Waals surface area contributed by atoms with Crippen LogP contribution in [0.4, 0.5) is 0 Å². The molecule has 0 aromatic carbocycles. The van der Waals surface area contributed by atoms with Gasteiger partial charge in [-0.1, -0.05) is 41.5 Å². The molecule has 19 heavy (non-hydrogen) atoms. The van der Waals surface area contributed by atoms with Crippen LogP contribution < -0.4 is 11.5 Å². The molecule has 0 amide bonds. The molecule has 114 valence electrons. The highest BCUT2D eigenvalue weighted by Gasteiger charge is 2.60. The Morgan fingerprint density at radius 2 is 1.05 bits per heavy atom. The van der Waals surface area contributed by atoms with Crippen molar-refractivity contribution in [2.45, 2.75) is 73.4 Å². The number of hydrogen-bond acceptors (Lipinski definition) is 3. The van der Waals surface area contributed by atoms with E-state index in [-0.39, 0.29) is 10.8 Å². The number of aliphatic carboxylic acids is 1. The van der Waals surface area contributed by atoms with Gasteiger partial charge in [0.1, 0.15) is 5.54 Å². The summed E-state index contributed by atoms with van der Waals surface area (Å²) in [6.45, 7) is 17.6. The van der Waals surface area contributed by atoms with Crippen LogP contribution in [0.15, 0.2) is 0 Å². The van der Waals surface area contributed by atoms with Crippen LogP contribution in [0, 0.1) is 16.2 Å². The van der Waals surface area contributed by atoms with E-state index < -0.39 is 22.5 Å². The first-order valence-corrected chi connectivity index (χ1v) is 6.76. The maximum absolute atomic E-state index is 11.5. The van der Waals surface area contributed by atoms with Crippen LogP contribution in [0.1, 0.15) is 62.3 Å². The SMILES string of the molecule is CC(C)(N)C(C)(C)C(C)(C)C(C)(C)[C@](C)(N)C(=O)O. The molecule has 4 nitrogen and oxygen atoms in total. The van der Waals surface area contributed by atoms with Gasteiger partial charge >= 0.3 is 5.97 Å². The van der Waals surface area contributed by atoms with Gasteiger partial charge in [0.25, 0.3) is 0 Å². The van der Waals surface area contributed by atoms with E-state index in [9.17, 15) is 9.90 Å². The Bertz CT molecular complexity index is 361. The average Bonchev–Trinajstić information content (AvgIpc) is 2.14. The van der Waals surface area contributed by atoms with Gasteiger partial charge in [-0.2, -0.15) is 0 Å². The van der Waals surface area contributed by atoms with Crippen LogP contribution in [-0.2, 0) is 4.79 Å². The van der Waals surface area contributed by atoms with Crippen molar-refractivity contribution in [3.05, 3.63) is 0 Å². The van der Waals surface area contributed by atoms with Crippen molar-refractivity contribution in [3.8, 4) is 0 Å². The summed E-state index contributed by atoms with van der Waals surface area (Å²) < 4.78 is 0. The molecule has 5 N–H and O–H groups in total. The smallest absolute Gasteiger partial charge is 0.323 e. The molecule has 0 radical (unpaired) electrons. The van der Waals surface area contributed by atoms with Gasteiger partial charge in [0.2, 0.25) is 0 Å². The molecule has 0 fully saturated rings. The number of nitrogens with two attached hydrogens (primary N) is 2. The monoisotopic (exact) mass is 272 g/mol. The van der Waals surface area contributed by atoms with Gasteiger partial charge in [-0.05, 0) is 37.0 Å². The van der Waals surface area contributed by atoms with E-state index in [1.807, 2.05) is 27.7 Å². The summed E-state index contributed by atoms with van der Waals surface area (Å²) in [4.78, 5) is 11.5. The molecule has 0 rings (SSSR count). The van der Waals surface area contributed by atoms with Crippen LogP contribution >= 0.6 is 0 Å². The highest BCUT2D eigenvalue weighted by atomic mass is 16.4. The minimum atomic E-state index is -1.33. The van der Waals surface area contributed by atoms with E-state index in [2.05, 4.69) is 27.7 Å². The third-order valence-corrected chi connectivity index (χ3v) is 6.48. The molecule has 0 aliphatic heterocycles. The van der Waals surface area contributed by atoms with Gasteiger partial charge in [-0.15, -0.1) is 0 Å². The van der Waals surface area contributed by atoms with Crippen LogP contribution in [0.2, 0.25) is 0 Å². The van der Waals surface area contributed by atoms with Gasteiger partial charge in [0.05, 0.1) is 0 Å². The van der Waals surface area contributed by atoms with Gasteiger partial charge < -0.3 is 16.6 Å². The Labute approximate surface area is 117 Å². The topological polar surface area (TPSA) is 89.3 Å². The van der Waals surface area contributed by atoms with Crippen LogP contribution in [-0.4, -0.2) is 22.2 Å². The van der Waals surface area contributed by atoms with Crippen molar-refractivity contribution < 1.29 is 9.90 Å². The average molecular weight is 272 g/mol. The summed E-state index contributed by atoms with van der Waals surface area (Å²) in [5.74, 6) is -0.990. The zero-order chi connectivity index (χ0) is 16.1. The normalized spacial score (nSPS) is 18.1. The zero-order valence-corrected chi connectivity index (χ0v) is 14.0. The Hall–Kier alpha value is -0.610. The molecule has 0 heterocycles. The highest BCUT2D eigenvalue weighted by Crippen LogP contribution is 2.58. The van der Waals surface area contributed by atoms with Crippen molar-refractivity contribution in [3.63, 3.8) is 0 Å². The molecule has 0 aromatic heterocycles. The first-order valence-electron chi connectivity index (χ1n) is 6.76. The van der Waals surface area contributed by atoms with Crippen molar-refractivity contribution >= 4 is 5.97 Å². The largest absolute Gasteiger partial charge is 0.480 e. The molecule has 0 saturated heterocycles.